The number of aliphatic hydroxyl groups excluding tert-OH is 1. The van der Waals surface area contributed by atoms with Crippen LogP contribution < -0.4 is 0 Å². The lowest BCUT2D eigenvalue weighted by Crippen LogP contribution is -2.60. The van der Waals surface area contributed by atoms with Crippen molar-refractivity contribution < 1.29 is 19.8 Å². The van der Waals surface area contributed by atoms with E-state index in [9.17, 15) is 14.7 Å². The van der Waals surface area contributed by atoms with Crippen LogP contribution in [-0.2, 0) is 9.59 Å². The Balaban J connectivity index is 1.62. The predicted molar refractivity (Wildman–Crippen MR) is 108 cm³/mol. The summed E-state index contributed by atoms with van der Waals surface area (Å²) < 4.78 is 0. The van der Waals surface area contributed by atoms with Crippen LogP contribution in [0.4, 0.5) is 0 Å². The molecule has 0 saturated heterocycles. The molecule has 4 fully saturated rings. The SMILES string of the molecule is C[C@H](CCC(=O)O)[C@H]1CC[C@H]2[C@@H]3C(O)CC4CCCC[C@]4(C)[C@H]3CC(=O)[C@]12C. The summed E-state index contributed by atoms with van der Waals surface area (Å²) in [6.07, 6.45) is 9.07. The summed E-state index contributed by atoms with van der Waals surface area (Å²) >= 11 is 0. The summed E-state index contributed by atoms with van der Waals surface area (Å²) in [5.74, 6) is 1.58. The maximum absolute atomic E-state index is 13.6. The Morgan fingerprint density at radius 2 is 1.93 bits per heavy atom. The van der Waals surface area contributed by atoms with Crippen LogP contribution in [-0.4, -0.2) is 28.1 Å². The maximum atomic E-state index is 13.6. The first-order valence-electron chi connectivity index (χ1n) is 11.6. The monoisotopic (exact) mass is 390 g/mol. The van der Waals surface area contributed by atoms with Crippen LogP contribution in [0.15, 0.2) is 0 Å². The van der Waals surface area contributed by atoms with E-state index in [2.05, 4.69) is 20.8 Å². The van der Waals surface area contributed by atoms with Crippen LogP contribution in [0.3, 0.4) is 0 Å². The Kier molecular flexibility index (Phi) is 5.17. The average molecular weight is 391 g/mol. The van der Waals surface area contributed by atoms with Crippen molar-refractivity contribution in [3.05, 3.63) is 0 Å². The zero-order chi connectivity index (χ0) is 20.3. The largest absolute Gasteiger partial charge is 0.481 e. The van der Waals surface area contributed by atoms with Crippen molar-refractivity contribution in [1.82, 2.24) is 0 Å². The predicted octanol–water partition coefficient (Wildman–Crippen LogP) is 4.69. The van der Waals surface area contributed by atoms with Gasteiger partial charge in [0.2, 0.25) is 0 Å². The first-order chi connectivity index (χ1) is 13.2. The molecular weight excluding hydrogens is 352 g/mol. The molecule has 2 N–H and O–H groups in total. The zero-order valence-electron chi connectivity index (χ0n) is 17.8. The number of Topliss-reactive ketones (excluding diaryl/α,β-unsaturated/α-hetero) is 1. The highest BCUT2D eigenvalue weighted by molar-refractivity contribution is 5.87. The van der Waals surface area contributed by atoms with Crippen LogP contribution in [0.25, 0.3) is 0 Å². The second kappa shape index (κ2) is 7.11. The van der Waals surface area contributed by atoms with E-state index in [1.54, 1.807) is 0 Å². The third-order valence-corrected chi connectivity index (χ3v) is 10.0. The molecule has 0 spiro atoms. The van der Waals surface area contributed by atoms with Crippen LogP contribution >= 0.6 is 0 Å². The molecule has 0 aromatic rings. The average Bonchev–Trinajstić information content (AvgIpc) is 3.00. The van der Waals surface area contributed by atoms with Crippen molar-refractivity contribution in [2.24, 2.45) is 46.3 Å². The number of hydrogen-bond donors (Lipinski definition) is 2. The van der Waals surface area contributed by atoms with E-state index in [0.717, 1.165) is 19.3 Å². The normalized spacial score (nSPS) is 49.1. The number of carboxylic acid groups (broad SMARTS) is 1. The number of carboxylic acids is 1. The molecule has 0 aromatic heterocycles. The Morgan fingerprint density at radius 1 is 1.18 bits per heavy atom. The molecule has 0 bridgehead atoms. The molecule has 4 rings (SSSR count). The lowest BCUT2D eigenvalue weighted by atomic mass is 9.43. The van der Waals surface area contributed by atoms with Gasteiger partial charge in [0.05, 0.1) is 6.10 Å². The van der Waals surface area contributed by atoms with Gasteiger partial charge in [-0.05, 0) is 79.4 Å². The van der Waals surface area contributed by atoms with Gasteiger partial charge < -0.3 is 10.2 Å². The number of ketones is 1. The Bertz CT molecular complexity index is 645. The standard InChI is InChI=1S/C24H38O4/c1-14(7-10-21(27)28)16-8-9-17-22-18(13-20(26)24(16,17)3)23(2)11-5-4-6-15(23)12-19(22)25/h14-19,22,25H,4-13H2,1-3H3,(H,27,28)/t14-,15?,16-,17+,18+,19?,22+,23+,24-/m1/s1. The van der Waals surface area contributed by atoms with Gasteiger partial charge >= 0.3 is 5.97 Å². The molecule has 2 unspecified atom stereocenters. The molecule has 9 atom stereocenters. The second-order valence-corrected chi connectivity index (χ2v) is 11.0. The summed E-state index contributed by atoms with van der Waals surface area (Å²) in [5, 5.41) is 20.3. The number of aliphatic carboxylic acids is 1. The van der Waals surface area contributed by atoms with Crippen molar-refractivity contribution in [3.8, 4) is 0 Å². The van der Waals surface area contributed by atoms with Gasteiger partial charge in [-0.1, -0.05) is 33.6 Å². The van der Waals surface area contributed by atoms with Crippen LogP contribution in [0.1, 0.15) is 85.0 Å². The maximum Gasteiger partial charge on any atom is 0.303 e. The molecule has 0 radical (unpaired) electrons. The number of rotatable bonds is 4. The first kappa shape index (κ1) is 20.4. The van der Waals surface area contributed by atoms with Crippen molar-refractivity contribution in [1.29, 1.82) is 0 Å². The van der Waals surface area contributed by atoms with Crippen LogP contribution in [0, 0.1) is 46.3 Å². The van der Waals surface area contributed by atoms with E-state index in [0.29, 0.717) is 30.5 Å². The van der Waals surface area contributed by atoms with Gasteiger partial charge in [0.15, 0.2) is 0 Å². The molecule has 4 aliphatic carbocycles. The second-order valence-electron chi connectivity index (χ2n) is 11.0. The summed E-state index contributed by atoms with van der Waals surface area (Å²) in [6, 6.07) is 0. The minimum atomic E-state index is -0.749. The number of fused-ring (bicyclic) bond motifs is 5. The number of carbonyl (C=O) groups is 2. The van der Waals surface area contributed by atoms with Crippen molar-refractivity contribution in [2.75, 3.05) is 0 Å². The Labute approximate surface area is 169 Å². The molecule has 0 aromatic carbocycles. The molecular formula is C24H38O4. The molecule has 4 nitrogen and oxygen atoms in total. The lowest BCUT2D eigenvalue weighted by molar-refractivity contribution is -0.176. The van der Waals surface area contributed by atoms with Crippen molar-refractivity contribution in [2.45, 2.75) is 91.1 Å². The lowest BCUT2D eigenvalue weighted by Gasteiger charge is -2.61. The molecule has 0 heterocycles. The third kappa shape index (κ3) is 2.88. The number of aliphatic hydroxyl groups is 1. The fourth-order valence-electron chi connectivity index (χ4n) is 8.47. The zero-order valence-corrected chi connectivity index (χ0v) is 17.8. The smallest absolute Gasteiger partial charge is 0.303 e. The molecule has 158 valence electrons. The minimum Gasteiger partial charge on any atom is -0.481 e. The van der Waals surface area contributed by atoms with E-state index >= 15 is 0 Å². The minimum absolute atomic E-state index is 0.182. The topological polar surface area (TPSA) is 74.6 Å². The van der Waals surface area contributed by atoms with Crippen LogP contribution in [0.2, 0.25) is 0 Å². The molecule has 0 aliphatic heterocycles. The quantitative estimate of drug-likeness (QED) is 0.730. The van der Waals surface area contributed by atoms with Gasteiger partial charge in [-0.3, -0.25) is 9.59 Å². The summed E-state index contributed by atoms with van der Waals surface area (Å²) in [4.78, 5) is 24.7. The Hall–Kier alpha value is -0.900. The van der Waals surface area contributed by atoms with Gasteiger partial charge in [-0.25, -0.2) is 0 Å². The van der Waals surface area contributed by atoms with E-state index in [4.69, 9.17) is 5.11 Å². The number of hydrogen-bond acceptors (Lipinski definition) is 3. The van der Waals surface area contributed by atoms with Gasteiger partial charge in [0, 0.05) is 18.3 Å². The van der Waals surface area contributed by atoms with Gasteiger partial charge in [-0.15, -0.1) is 0 Å². The first-order valence-corrected chi connectivity index (χ1v) is 11.6. The van der Waals surface area contributed by atoms with Crippen molar-refractivity contribution >= 4 is 11.8 Å². The molecule has 4 saturated carbocycles. The van der Waals surface area contributed by atoms with E-state index in [1.807, 2.05) is 0 Å². The molecule has 4 aliphatic rings. The van der Waals surface area contributed by atoms with Crippen LogP contribution in [0.5, 0.6) is 0 Å². The van der Waals surface area contributed by atoms with Gasteiger partial charge in [0.25, 0.3) is 0 Å². The highest BCUT2D eigenvalue weighted by atomic mass is 16.4. The molecule has 4 heteroatoms. The fraction of sp³-hybridized carbons (Fsp3) is 0.917. The van der Waals surface area contributed by atoms with E-state index in [1.165, 1.54) is 25.7 Å². The highest BCUT2D eigenvalue weighted by Crippen LogP contribution is 2.67. The summed E-state index contributed by atoms with van der Waals surface area (Å²) in [5.41, 5.74) is -0.163. The Morgan fingerprint density at radius 3 is 2.64 bits per heavy atom. The summed E-state index contributed by atoms with van der Waals surface area (Å²) in [7, 11) is 0. The van der Waals surface area contributed by atoms with Crippen molar-refractivity contribution in [3.63, 3.8) is 0 Å². The van der Waals surface area contributed by atoms with E-state index in [-0.39, 0.29) is 47.0 Å². The highest BCUT2D eigenvalue weighted by Gasteiger charge is 2.65. The number of carbonyl (C=O) groups excluding carboxylic acids is 1. The van der Waals surface area contributed by atoms with Gasteiger partial charge in [0.1, 0.15) is 5.78 Å². The van der Waals surface area contributed by atoms with Gasteiger partial charge in [-0.2, -0.15) is 0 Å². The fourth-order valence-corrected chi connectivity index (χ4v) is 8.47. The molecule has 28 heavy (non-hydrogen) atoms. The third-order valence-electron chi connectivity index (χ3n) is 10.0. The van der Waals surface area contributed by atoms with E-state index < -0.39 is 5.97 Å². The molecule has 0 amide bonds. The summed E-state index contributed by atoms with van der Waals surface area (Å²) in [6.45, 7) is 6.71.